The molecular formula is C12H18NO. The number of hydrogen-bond acceptors (Lipinski definition) is 2. The molecule has 1 rings (SSSR count). The molecule has 0 saturated heterocycles. The molecule has 0 aliphatic carbocycles. The Morgan fingerprint density at radius 2 is 2.07 bits per heavy atom. The molecule has 0 bridgehead atoms. The van der Waals surface area contributed by atoms with E-state index in [1.807, 2.05) is 6.07 Å². The number of hydrogen-bond donors (Lipinski definition) is 1. The molecule has 77 valence electrons. The molecule has 1 radical (unpaired) electrons. The Hall–Kier alpha value is -0.860. The van der Waals surface area contributed by atoms with Crippen LogP contribution in [-0.2, 0) is 4.74 Å². The number of ether oxygens (including phenoxy) is 1. The van der Waals surface area contributed by atoms with Gasteiger partial charge in [0, 0.05) is 19.7 Å². The molecule has 0 aliphatic rings. The van der Waals surface area contributed by atoms with Crippen molar-refractivity contribution in [3.05, 3.63) is 42.3 Å². The molecular weight excluding hydrogens is 174 g/mol. The van der Waals surface area contributed by atoms with Gasteiger partial charge in [-0.2, -0.15) is 0 Å². The summed E-state index contributed by atoms with van der Waals surface area (Å²) in [6.07, 6.45) is 2.16. The second kappa shape index (κ2) is 6.57. The summed E-state index contributed by atoms with van der Waals surface area (Å²) in [6, 6.07) is 10.7. The molecule has 2 nitrogen and oxygen atoms in total. The highest BCUT2D eigenvalue weighted by Gasteiger charge is 2.06. The molecule has 0 amide bonds. The standard InChI is InChI=1S/C12H18NO/c1-3-12(13-9-10-14-2)11-7-5-4-6-8-11/h3-8,12-13H,9-10H2,1-2H3. The first-order chi connectivity index (χ1) is 6.88. The van der Waals surface area contributed by atoms with E-state index in [2.05, 4.69) is 42.9 Å². The van der Waals surface area contributed by atoms with Gasteiger partial charge in [0.25, 0.3) is 0 Å². The third-order valence-corrected chi connectivity index (χ3v) is 2.16. The Morgan fingerprint density at radius 1 is 1.36 bits per heavy atom. The molecule has 2 heteroatoms. The summed E-state index contributed by atoms with van der Waals surface area (Å²) >= 11 is 0. The average Bonchev–Trinajstić information content (AvgIpc) is 2.26. The molecule has 1 aromatic carbocycles. The number of methoxy groups -OCH3 is 1. The monoisotopic (exact) mass is 192 g/mol. The van der Waals surface area contributed by atoms with E-state index >= 15 is 0 Å². The molecule has 0 saturated carbocycles. The first-order valence-electron chi connectivity index (χ1n) is 4.95. The predicted octanol–water partition coefficient (Wildman–Crippen LogP) is 2.19. The molecule has 1 aromatic rings. The molecule has 14 heavy (non-hydrogen) atoms. The molecule has 1 atom stereocenters. The summed E-state index contributed by atoms with van der Waals surface area (Å²) in [5, 5.41) is 3.41. The van der Waals surface area contributed by atoms with Crippen LogP contribution in [0, 0.1) is 6.42 Å². The van der Waals surface area contributed by atoms with Crippen molar-refractivity contribution in [2.45, 2.75) is 13.0 Å². The van der Waals surface area contributed by atoms with Crippen molar-refractivity contribution >= 4 is 0 Å². The first-order valence-corrected chi connectivity index (χ1v) is 4.95. The summed E-state index contributed by atoms with van der Waals surface area (Å²) in [6.45, 7) is 3.69. The van der Waals surface area contributed by atoms with Gasteiger partial charge in [-0.3, -0.25) is 0 Å². The Bertz CT molecular complexity index is 235. The normalized spacial score (nSPS) is 12.7. The SMILES string of the molecule is C[CH]C(NCCOC)c1ccccc1. The molecule has 0 aromatic heterocycles. The van der Waals surface area contributed by atoms with E-state index in [0.29, 0.717) is 6.04 Å². The van der Waals surface area contributed by atoms with Gasteiger partial charge in [-0.15, -0.1) is 0 Å². The van der Waals surface area contributed by atoms with Crippen molar-refractivity contribution in [2.24, 2.45) is 0 Å². The second-order valence-corrected chi connectivity index (χ2v) is 3.17. The maximum absolute atomic E-state index is 5.00. The maximum atomic E-state index is 5.00. The third-order valence-electron chi connectivity index (χ3n) is 2.16. The van der Waals surface area contributed by atoms with Crippen LogP contribution in [0.5, 0.6) is 0 Å². The van der Waals surface area contributed by atoms with E-state index in [9.17, 15) is 0 Å². The van der Waals surface area contributed by atoms with E-state index in [1.165, 1.54) is 5.56 Å². The molecule has 0 aliphatic heterocycles. The lowest BCUT2D eigenvalue weighted by Gasteiger charge is -2.16. The van der Waals surface area contributed by atoms with E-state index in [1.54, 1.807) is 7.11 Å². The molecule has 0 heterocycles. The average molecular weight is 192 g/mol. The van der Waals surface area contributed by atoms with E-state index in [4.69, 9.17) is 4.74 Å². The zero-order valence-electron chi connectivity index (χ0n) is 8.86. The van der Waals surface area contributed by atoms with Crippen LogP contribution in [0.1, 0.15) is 18.5 Å². The van der Waals surface area contributed by atoms with E-state index in [-0.39, 0.29) is 0 Å². The van der Waals surface area contributed by atoms with Gasteiger partial charge in [0.05, 0.1) is 6.61 Å². The van der Waals surface area contributed by atoms with Crippen LogP contribution >= 0.6 is 0 Å². The third kappa shape index (κ3) is 3.48. The number of benzene rings is 1. The van der Waals surface area contributed by atoms with Gasteiger partial charge >= 0.3 is 0 Å². The first kappa shape index (κ1) is 11.2. The maximum Gasteiger partial charge on any atom is 0.0587 e. The van der Waals surface area contributed by atoms with Gasteiger partial charge in [-0.25, -0.2) is 0 Å². The van der Waals surface area contributed by atoms with Gasteiger partial charge in [0.1, 0.15) is 0 Å². The van der Waals surface area contributed by atoms with Gasteiger partial charge in [0.2, 0.25) is 0 Å². The lowest BCUT2D eigenvalue weighted by Crippen LogP contribution is -2.24. The minimum atomic E-state index is 0.325. The van der Waals surface area contributed by atoms with Gasteiger partial charge in [-0.1, -0.05) is 37.3 Å². The number of nitrogens with one attached hydrogen (secondary N) is 1. The highest BCUT2D eigenvalue weighted by atomic mass is 16.5. The Kier molecular flexibility index (Phi) is 5.27. The summed E-state index contributed by atoms with van der Waals surface area (Å²) in [7, 11) is 1.72. The lowest BCUT2D eigenvalue weighted by molar-refractivity contribution is 0.197. The highest BCUT2D eigenvalue weighted by molar-refractivity contribution is 5.20. The minimum absolute atomic E-state index is 0.325. The summed E-state index contributed by atoms with van der Waals surface area (Å²) in [4.78, 5) is 0. The molecule has 0 spiro atoms. The van der Waals surface area contributed by atoms with Crippen molar-refractivity contribution < 1.29 is 4.74 Å². The fourth-order valence-corrected chi connectivity index (χ4v) is 1.41. The van der Waals surface area contributed by atoms with Crippen molar-refractivity contribution in [2.75, 3.05) is 20.3 Å². The minimum Gasteiger partial charge on any atom is -0.383 e. The highest BCUT2D eigenvalue weighted by Crippen LogP contribution is 2.14. The fraction of sp³-hybridized carbons (Fsp3) is 0.417. The molecule has 0 fully saturated rings. The van der Waals surface area contributed by atoms with Crippen molar-refractivity contribution in [1.29, 1.82) is 0 Å². The molecule has 1 unspecified atom stereocenters. The van der Waals surface area contributed by atoms with Crippen molar-refractivity contribution in [3.63, 3.8) is 0 Å². The van der Waals surface area contributed by atoms with Crippen LogP contribution in [0.25, 0.3) is 0 Å². The quantitative estimate of drug-likeness (QED) is 0.698. The summed E-state index contributed by atoms with van der Waals surface area (Å²) in [5.74, 6) is 0. The second-order valence-electron chi connectivity index (χ2n) is 3.17. The summed E-state index contributed by atoms with van der Waals surface area (Å²) in [5.41, 5.74) is 1.30. The zero-order valence-corrected chi connectivity index (χ0v) is 8.86. The van der Waals surface area contributed by atoms with Crippen LogP contribution in [-0.4, -0.2) is 20.3 Å². The predicted molar refractivity (Wildman–Crippen MR) is 59.0 cm³/mol. The Balaban J connectivity index is 2.46. The van der Waals surface area contributed by atoms with Crippen LogP contribution in [0.4, 0.5) is 0 Å². The van der Waals surface area contributed by atoms with Crippen molar-refractivity contribution in [1.82, 2.24) is 5.32 Å². The van der Waals surface area contributed by atoms with Crippen LogP contribution in [0.3, 0.4) is 0 Å². The fourth-order valence-electron chi connectivity index (χ4n) is 1.41. The summed E-state index contributed by atoms with van der Waals surface area (Å²) < 4.78 is 5.00. The lowest BCUT2D eigenvalue weighted by atomic mass is 10.1. The van der Waals surface area contributed by atoms with Crippen LogP contribution in [0.15, 0.2) is 30.3 Å². The van der Waals surface area contributed by atoms with E-state index in [0.717, 1.165) is 13.2 Å². The Labute approximate surface area is 86.3 Å². The Morgan fingerprint density at radius 3 is 2.64 bits per heavy atom. The smallest absolute Gasteiger partial charge is 0.0587 e. The molecule has 1 N–H and O–H groups in total. The zero-order chi connectivity index (χ0) is 10.2. The van der Waals surface area contributed by atoms with Gasteiger partial charge < -0.3 is 10.1 Å². The van der Waals surface area contributed by atoms with Gasteiger partial charge in [-0.05, 0) is 12.0 Å². The van der Waals surface area contributed by atoms with Crippen LogP contribution < -0.4 is 5.32 Å². The number of rotatable bonds is 6. The van der Waals surface area contributed by atoms with Crippen LogP contribution in [0.2, 0.25) is 0 Å². The van der Waals surface area contributed by atoms with Crippen molar-refractivity contribution in [3.8, 4) is 0 Å². The topological polar surface area (TPSA) is 21.3 Å². The largest absolute Gasteiger partial charge is 0.383 e. The van der Waals surface area contributed by atoms with Gasteiger partial charge in [0.15, 0.2) is 0 Å². The van der Waals surface area contributed by atoms with E-state index < -0.39 is 0 Å².